The van der Waals surface area contributed by atoms with Crippen molar-refractivity contribution in [2.24, 2.45) is 0 Å². The normalized spacial score (nSPS) is 20.1. The fraction of sp³-hybridized carbons (Fsp3) is 0.469. The average molecular weight is 533 g/mol. The number of fused-ring (bicyclic) bond motifs is 1. The first kappa shape index (κ1) is 26.6. The monoisotopic (exact) mass is 532 g/mol. The van der Waals surface area contributed by atoms with Crippen molar-refractivity contribution in [3.63, 3.8) is 0 Å². The second kappa shape index (κ2) is 9.96. The summed E-state index contributed by atoms with van der Waals surface area (Å²) in [6, 6.07) is 17.0. The molecule has 1 aromatic heterocycles. The lowest BCUT2D eigenvalue weighted by Crippen LogP contribution is -2.53. The predicted molar refractivity (Wildman–Crippen MR) is 157 cm³/mol. The fourth-order valence-electron chi connectivity index (χ4n) is 6.02. The van der Waals surface area contributed by atoms with Crippen LogP contribution in [0.25, 0.3) is 10.4 Å². The number of rotatable bonds is 5. The zero-order valence-corrected chi connectivity index (χ0v) is 24.6. The van der Waals surface area contributed by atoms with Gasteiger partial charge in [-0.25, -0.2) is 0 Å². The SMILES string of the molecule is COc1cccc(N2CCN(C(=O)c3ccc(-c4cc5c(cc4OC)C(C)(C)CCC5(C)C)s3)CC2C)c1. The van der Waals surface area contributed by atoms with E-state index in [0.29, 0.717) is 13.1 Å². The molecule has 1 unspecified atom stereocenters. The molecule has 1 saturated heterocycles. The van der Waals surface area contributed by atoms with Gasteiger partial charge in [-0.15, -0.1) is 11.3 Å². The number of ether oxygens (including phenoxy) is 2. The van der Waals surface area contributed by atoms with Crippen LogP contribution < -0.4 is 14.4 Å². The molecule has 2 heterocycles. The minimum Gasteiger partial charge on any atom is -0.497 e. The largest absolute Gasteiger partial charge is 0.497 e. The Morgan fingerprint density at radius 3 is 2.29 bits per heavy atom. The van der Waals surface area contributed by atoms with Crippen LogP contribution in [0.1, 0.15) is 68.3 Å². The molecule has 0 saturated carbocycles. The summed E-state index contributed by atoms with van der Waals surface area (Å²) in [6.45, 7) is 13.7. The second-order valence-electron chi connectivity index (χ2n) is 12.0. The molecule has 1 atom stereocenters. The Labute approximate surface area is 231 Å². The number of benzene rings is 2. The van der Waals surface area contributed by atoms with Gasteiger partial charge in [0.15, 0.2) is 0 Å². The van der Waals surface area contributed by atoms with Crippen LogP contribution in [0.4, 0.5) is 5.69 Å². The van der Waals surface area contributed by atoms with Crippen LogP contribution in [0.5, 0.6) is 11.5 Å². The Bertz CT molecular complexity index is 1340. The van der Waals surface area contributed by atoms with Gasteiger partial charge in [-0.3, -0.25) is 4.79 Å². The fourth-order valence-corrected chi connectivity index (χ4v) is 7.02. The Morgan fingerprint density at radius 2 is 1.63 bits per heavy atom. The van der Waals surface area contributed by atoms with E-state index in [-0.39, 0.29) is 22.8 Å². The van der Waals surface area contributed by atoms with Crippen molar-refractivity contribution < 1.29 is 14.3 Å². The molecule has 5 rings (SSSR count). The van der Waals surface area contributed by atoms with E-state index < -0.39 is 0 Å². The van der Waals surface area contributed by atoms with Gasteiger partial charge in [0.2, 0.25) is 0 Å². The molecule has 0 N–H and O–H groups in total. The van der Waals surface area contributed by atoms with Crippen molar-refractivity contribution in [1.82, 2.24) is 4.90 Å². The zero-order chi connectivity index (χ0) is 27.2. The van der Waals surface area contributed by atoms with Crippen LogP contribution in [0.2, 0.25) is 0 Å². The number of thiophene rings is 1. The number of carbonyl (C=O) groups excluding carboxylic acids is 1. The van der Waals surface area contributed by atoms with Crippen molar-refractivity contribution in [3.05, 3.63) is 64.5 Å². The molecule has 38 heavy (non-hydrogen) atoms. The maximum atomic E-state index is 13.6. The Hall–Kier alpha value is -2.99. The molecular weight excluding hydrogens is 492 g/mol. The molecule has 2 aromatic carbocycles. The summed E-state index contributed by atoms with van der Waals surface area (Å²) < 4.78 is 11.3. The van der Waals surface area contributed by atoms with Crippen LogP contribution >= 0.6 is 11.3 Å². The third kappa shape index (κ3) is 4.79. The van der Waals surface area contributed by atoms with E-state index >= 15 is 0 Å². The summed E-state index contributed by atoms with van der Waals surface area (Å²) in [6.07, 6.45) is 2.32. The number of carbonyl (C=O) groups is 1. The molecule has 1 aliphatic heterocycles. The lowest BCUT2D eigenvalue weighted by Gasteiger charge is -2.42. The van der Waals surface area contributed by atoms with Gasteiger partial charge in [0.05, 0.1) is 19.1 Å². The van der Waals surface area contributed by atoms with Crippen molar-refractivity contribution in [3.8, 4) is 21.9 Å². The second-order valence-corrected chi connectivity index (χ2v) is 13.1. The number of methoxy groups -OCH3 is 2. The number of amides is 1. The molecule has 0 spiro atoms. The number of piperazine rings is 1. The number of nitrogens with zero attached hydrogens (tertiary/aromatic N) is 2. The first-order valence-electron chi connectivity index (χ1n) is 13.6. The van der Waals surface area contributed by atoms with E-state index in [2.05, 4.69) is 69.9 Å². The van der Waals surface area contributed by atoms with Crippen LogP contribution in [-0.4, -0.2) is 50.7 Å². The van der Waals surface area contributed by atoms with Gasteiger partial charge < -0.3 is 19.3 Å². The number of anilines is 1. The zero-order valence-electron chi connectivity index (χ0n) is 23.8. The van der Waals surface area contributed by atoms with Crippen molar-refractivity contribution in [1.29, 1.82) is 0 Å². The van der Waals surface area contributed by atoms with E-state index in [1.807, 2.05) is 23.1 Å². The van der Waals surface area contributed by atoms with Gasteiger partial charge in [0.1, 0.15) is 11.5 Å². The Kier molecular flexibility index (Phi) is 6.97. The molecule has 202 valence electrons. The van der Waals surface area contributed by atoms with Crippen LogP contribution in [0.15, 0.2) is 48.5 Å². The van der Waals surface area contributed by atoms with E-state index in [1.54, 1.807) is 25.6 Å². The van der Waals surface area contributed by atoms with Crippen molar-refractivity contribution in [2.75, 3.05) is 38.8 Å². The molecule has 3 aromatic rings. The number of hydrogen-bond acceptors (Lipinski definition) is 5. The molecule has 1 fully saturated rings. The van der Waals surface area contributed by atoms with Crippen molar-refractivity contribution >= 4 is 22.9 Å². The maximum Gasteiger partial charge on any atom is 0.264 e. The molecule has 1 amide bonds. The maximum absolute atomic E-state index is 13.6. The summed E-state index contributed by atoms with van der Waals surface area (Å²) in [5.74, 6) is 1.84. The van der Waals surface area contributed by atoms with Crippen molar-refractivity contribution in [2.45, 2.75) is 64.3 Å². The summed E-state index contributed by atoms with van der Waals surface area (Å²) in [4.78, 5) is 19.8. The van der Waals surface area contributed by atoms with Gasteiger partial charge in [-0.2, -0.15) is 0 Å². The quantitative estimate of drug-likeness (QED) is 0.350. The summed E-state index contributed by atoms with van der Waals surface area (Å²) in [5.41, 5.74) is 5.22. The molecule has 0 radical (unpaired) electrons. The minimum absolute atomic E-state index is 0.108. The van der Waals surface area contributed by atoms with E-state index in [9.17, 15) is 4.79 Å². The lowest BCUT2D eigenvalue weighted by molar-refractivity contribution is 0.0731. The Morgan fingerprint density at radius 1 is 0.921 bits per heavy atom. The molecule has 2 aliphatic rings. The minimum atomic E-state index is 0.108. The summed E-state index contributed by atoms with van der Waals surface area (Å²) in [7, 11) is 3.44. The van der Waals surface area contributed by atoms with Crippen LogP contribution in [0.3, 0.4) is 0 Å². The van der Waals surface area contributed by atoms with Crippen LogP contribution in [-0.2, 0) is 10.8 Å². The number of hydrogen-bond donors (Lipinski definition) is 0. The Balaban J connectivity index is 1.38. The van der Waals surface area contributed by atoms with Gasteiger partial charge in [-0.05, 0) is 78.1 Å². The smallest absolute Gasteiger partial charge is 0.264 e. The predicted octanol–water partition coefficient (Wildman–Crippen LogP) is 7.13. The summed E-state index contributed by atoms with van der Waals surface area (Å²) >= 11 is 1.57. The van der Waals surface area contributed by atoms with Gasteiger partial charge >= 0.3 is 0 Å². The van der Waals surface area contributed by atoms with Crippen LogP contribution in [0, 0.1) is 0 Å². The highest BCUT2D eigenvalue weighted by Crippen LogP contribution is 2.50. The standard InChI is InChI=1S/C32H40N2O3S/c1-21-20-33(15-16-34(21)22-9-8-10-23(17-22)36-6)30(35)29-12-11-28(38-29)24-18-25-26(19-27(24)37-7)32(4,5)14-13-31(25,2)3/h8-12,17-19,21H,13-16,20H2,1-7H3. The van der Waals surface area contributed by atoms with E-state index in [1.165, 1.54) is 11.1 Å². The molecule has 5 nitrogen and oxygen atoms in total. The lowest BCUT2D eigenvalue weighted by atomic mass is 9.63. The average Bonchev–Trinajstić information content (AvgIpc) is 3.40. The highest BCUT2D eigenvalue weighted by Gasteiger charge is 2.38. The molecule has 1 aliphatic carbocycles. The third-order valence-corrected chi connectivity index (χ3v) is 9.66. The molecule has 6 heteroatoms. The van der Waals surface area contributed by atoms with Gasteiger partial charge in [-0.1, -0.05) is 33.8 Å². The highest BCUT2D eigenvalue weighted by atomic mass is 32.1. The van der Waals surface area contributed by atoms with E-state index in [0.717, 1.165) is 51.9 Å². The highest BCUT2D eigenvalue weighted by molar-refractivity contribution is 7.17. The summed E-state index contributed by atoms with van der Waals surface area (Å²) in [5, 5.41) is 0. The van der Waals surface area contributed by atoms with Gasteiger partial charge in [0, 0.05) is 47.9 Å². The third-order valence-electron chi connectivity index (χ3n) is 8.55. The topological polar surface area (TPSA) is 42.0 Å². The van der Waals surface area contributed by atoms with E-state index in [4.69, 9.17) is 9.47 Å². The first-order chi connectivity index (χ1) is 18.0. The molecule has 0 bridgehead atoms. The van der Waals surface area contributed by atoms with Gasteiger partial charge in [0.25, 0.3) is 5.91 Å². The molecular formula is C32H40N2O3S. The first-order valence-corrected chi connectivity index (χ1v) is 14.4.